The van der Waals surface area contributed by atoms with Crippen molar-refractivity contribution in [2.24, 2.45) is 5.92 Å². The van der Waals surface area contributed by atoms with Crippen LogP contribution in [0.5, 0.6) is 0 Å². The first-order valence-corrected chi connectivity index (χ1v) is 6.89. The molecule has 0 saturated heterocycles. The van der Waals surface area contributed by atoms with Crippen LogP contribution in [0.1, 0.15) is 17.5 Å². The van der Waals surface area contributed by atoms with E-state index in [1.54, 1.807) is 0 Å². The van der Waals surface area contributed by atoms with Crippen LogP contribution in [0, 0.1) is 5.92 Å². The number of nitrogens with two attached hydrogens (primary N) is 1. The quantitative estimate of drug-likeness (QED) is 0.790. The Labute approximate surface area is 117 Å². The van der Waals surface area contributed by atoms with E-state index < -0.39 is 0 Å². The number of fused-ring (bicyclic) bond motifs is 1. The molecule has 0 radical (unpaired) electrons. The minimum Gasteiger partial charge on any atom is -0.369 e. The molecule has 3 rings (SSSR count). The number of hydrogen-bond donors (Lipinski definition) is 3. The number of anilines is 2. The molecule has 1 aliphatic heterocycles. The number of H-pyrrole nitrogens is 1. The molecule has 0 aliphatic carbocycles. The van der Waals surface area contributed by atoms with E-state index in [1.165, 1.54) is 5.56 Å². The number of nitrogens with zero attached hydrogens (tertiary/aromatic N) is 1. The van der Waals surface area contributed by atoms with Crippen LogP contribution in [0.4, 0.5) is 11.8 Å². The van der Waals surface area contributed by atoms with E-state index >= 15 is 0 Å². The Balaban J connectivity index is 1.68. The predicted octanol–water partition coefficient (Wildman–Crippen LogP) is 1.57. The molecule has 4 N–H and O–H groups in total. The number of hydrogen-bond acceptors (Lipinski definition) is 4. The number of aryl methyl sites for hydroxylation is 1. The maximum Gasteiger partial charge on any atom is 0.257 e. The van der Waals surface area contributed by atoms with Gasteiger partial charge in [-0.3, -0.25) is 9.78 Å². The van der Waals surface area contributed by atoms with Crippen molar-refractivity contribution in [2.45, 2.75) is 19.3 Å². The normalized spacial score (nSPS) is 17.3. The van der Waals surface area contributed by atoms with Gasteiger partial charge in [-0.15, -0.1) is 0 Å². The van der Waals surface area contributed by atoms with Gasteiger partial charge in [0.2, 0.25) is 5.95 Å². The van der Waals surface area contributed by atoms with Crippen molar-refractivity contribution in [3.8, 4) is 0 Å². The summed E-state index contributed by atoms with van der Waals surface area (Å²) in [5.74, 6) is 1.26. The number of nitrogen functional groups attached to an aromatic ring is 1. The third kappa shape index (κ3) is 2.66. The van der Waals surface area contributed by atoms with Crippen LogP contribution in [0.3, 0.4) is 0 Å². The van der Waals surface area contributed by atoms with E-state index in [4.69, 9.17) is 5.73 Å². The van der Waals surface area contributed by atoms with E-state index in [1.807, 2.05) is 6.07 Å². The van der Waals surface area contributed by atoms with Crippen molar-refractivity contribution in [3.63, 3.8) is 0 Å². The van der Waals surface area contributed by atoms with Gasteiger partial charge in [0, 0.05) is 6.54 Å². The van der Waals surface area contributed by atoms with Gasteiger partial charge in [-0.25, -0.2) is 0 Å². The lowest BCUT2D eigenvalue weighted by Gasteiger charge is -2.24. The van der Waals surface area contributed by atoms with E-state index in [0.717, 1.165) is 31.4 Å². The van der Waals surface area contributed by atoms with Crippen LogP contribution in [-0.4, -0.2) is 16.5 Å². The second kappa shape index (κ2) is 5.36. The van der Waals surface area contributed by atoms with Crippen molar-refractivity contribution in [1.82, 2.24) is 9.97 Å². The maximum atomic E-state index is 11.9. The Bertz CT molecular complexity index is 651. The molecule has 1 unspecified atom stereocenters. The molecule has 5 heteroatoms. The van der Waals surface area contributed by atoms with Crippen molar-refractivity contribution in [1.29, 1.82) is 0 Å². The summed E-state index contributed by atoms with van der Waals surface area (Å²) >= 11 is 0. The van der Waals surface area contributed by atoms with Crippen molar-refractivity contribution in [2.75, 3.05) is 17.6 Å². The van der Waals surface area contributed by atoms with Crippen LogP contribution >= 0.6 is 0 Å². The number of rotatable bonds is 3. The van der Waals surface area contributed by atoms with E-state index in [2.05, 4.69) is 39.6 Å². The molecule has 1 aliphatic rings. The van der Waals surface area contributed by atoms with Gasteiger partial charge in [0.25, 0.3) is 5.56 Å². The highest BCUT2D eigenvalue weighted by Crippen LogP contribution is 2.23. The van der Waals surface area contributed by atoms with Gasteiger partial charge in [-0.1, -0.05) is 30.3 Å². The van der Waals surface area contributed by atoms with E-state index in [9.17, 15) is 4.79 Å². The second-order valence-electron chi connectivity index (χ2n) is 5.25. The van der Waals surface area contributed by atoms with Crippen LogP contribution < -0.4 is 16.6 Å². The Kier molecular flexibility index (Phi) is 3.41. The molecule has 0 fully saturated rings. The highest BCUT2D eigenvalue weighted by atomic mass is 16.1. The van der Waals surface area contributed by atoms with Crippen molar-refractivity contribution < 1.29 is 0 Å². The van der Waals surface area contributed by atoms with Gasteiger partial charge in [-0.2, -0.15) is 4.98 Å². The summed E-state index contributed by atoms with van der Waals surface area (Å²) in [7, 11) is 0. The monoisotopic (exact) mass is 270 g/mol. The largest absolute Gasteiger partial charge is 0.369 e. The lowest BCUT2D eigenvalue weighted by atomic mass is 9.91. The lowest BCUT2D eigenvalue weighted by Crippen LogP contribution is -2.30. The van der Waals surface area contributed by atoms with Crippen molar-refractivity contribution in [3.05, 3.63) is 51.8 Å². The van der Waals surface area contributed by atoms with Gasteiger partial charge >= 0.3 is 0 Å². The summed E-state index contributed by atoms with van der Waals surface area (Å²) in [6.45, 7) is 0.843. The molecule has 2 aromatic rings. The molecule has 1 aromatic carbocycles. The first-order chi connectivity index (χ1) is 9.72. The van der Waals surface area contributed by atoms with Gasteiger partial charge in [0.05, 0.1) is 5.56 Å². The molecule has 104 valence electrons. The zero-order valence-corrected chi connectivity index (χ0v) is 11.2. The summed E-state index contributed by atoms with van der Waals surface area (Å²) in [4.78, 5) is 18.6. The Morgan fingerprint density at radius 3 is 2.90 bits per heavy atom. The summed E-state index contributed by atoms with van der Waals surface area (Å²) in [6, 6.07) is 10.4. The first kappa shape index (κ1) is 12.7. The van der Waals surface area contributed by atoms with Crippen LogP contribution in [-0.2, 0) is 12.8 Å². The molecule has 2 heterocycles. The zero-order chi connectivity index (χ0) is 13.9. The minimum atomic E-state index is -0.121. The summed E-state index contributed by atoms with van der Waals surface area (Å²) in [5.41, 5.74) is 7.49. The third-order valence-electron chi connectivity index (χ3n) is 3.77. The average molecular weight is 270 g/mol. The molecular weight excluding hydrogens is 252 g/mol. The average Bonchev–Trinajstić information content (AvgIpc) is 2.46. The van der Waals surface area contributed by atoms with Crippen LogP contribution in [0.2, 0.25) is 0 Å². The number of aromatic nitrogens is 2. The summed E-state index contributed by atoms with van der Waals surface area (Å²) in [5, 5.41) is 3.22. The molecule has 1 atom stereocenters. The molecule has 1 aromatic heterocycles. The Morgan fingerprint density at radius 2 is 2.10 bits per heavy atom. The second-order valence-corrected chi connectivity index (χ2v) is 5.25. The first-order valence-electron chi connectivity index (χ1n) is 6.89. The fourth-order valence-electron chi connectivity index (χ4n) is 2.67. The van der Waals surface area contributed by atoms with Gasteiger partial charge < -0.3 is 11.1 Å². The Morgan fingerprint density at radius 1 is 1.30 bits per heavy atom. The predicted molar refractivity (Wildman–Crippen MR) is 79.7 cm³/mol. The molecule has 0 amide bonds. The molecule has 0 bridgehead atoms. The summed E-state index contributed by atoms with van der Waals surface area (Å²) < 4.78 is 0. The van der Waals surface area contributed by atoms with Gasteiger partial charge in [0.1, 0.15) is 5.82 Å². The van der Waals surface area contributed by atoms with Gasteiger partial charge in [0.15, 0.2) is 0 Å². The minimum absolute atomic E-state index is 0.121. The lowest BCUT2D eigenvalue weighted by molar-refractivity contribution is 0.491. The highest BCUT2D eigenvalue weighted by molar-refractivity contribution is 5.48. The SMILES string of the molecule is Nc1nc2c(c(=O)[nH]1)CC(CCc1ccccc1)CN2. The molecular formula is C15H18N4O. The van der Waals surface area contributed by atoms with Crippen LogP contribution in [0.25, 0.3) is 0 Å². The smallest absolute Gasteiger partial charge is 0.257 e. The maximum absolute atomic E-state index is 11.9. The van der Waals surface area contributed by atoms with Crippen molar-refractivity contribution >= 4 is 11.8 Å². The van der Waals surface area contributed by atoms with Crippen LogP contribution in [0.15, 0.2) is 35.1 Å². The van der Waals surface area contributed by atoms with Gasteiger partial charge in [-0.05, 0) is 30.7 Å². The molecule has 20 heavy (non-hydrogen) atoms. The number of nitrogens with one attached hydrogen (secondary N) is 2. The van der Waals surface area contributed by atoms with E-state index in [-0.39, 0.29) is 11.5 Å². The number of aromatic amines is 1. The topological polar surface area (TPSA) is 83.8 Å². The zero-order valence-electron chi connectivity index (χ0n) is 11.2. The Hall–Kier alpha value is -2.30. The molecule has 0 saturated carbocycles. The fourth-order valence-corrected chi connectivity index (χ4v) is 2.67. The highest BCUT2D eigenvalue weighted by Gasteiger charge is 2.22. The molecule has 5 nitrogen and oxygen atoms in total. The summed E-state index contributed by atoms with van der Waals surface area (Å²) in [6.07, 6.45) is 2.85. The molecule has 0 spiro atoms. The van der Waals surface area contributed by atoms with E-state index in [0.29, 0.717) is 11.7 Å². The standard InChI is InChI=1S/C15H18N4O/c16-15-18-13-12(14(20)19-15)8-11(9-17-13)7-6-10-4-2-1-3-5-10/h1-5,11H,6-9H2,(H4,16,17,18,19,20). The fraction of sp³-hybridized carbons (Fsp3) is 0.333. The number of benzene rings is 1. The third-order valence-corrected chi connectivity index (χ3v) is 3.77.